The van der Waals surface area contributed by atoms with Gasteiger partial charge in [0.2, 0.25) is 0 Å². The van der Waals surface area contributed by atoms with Crippen LogP contribution in [-0.4, -0.2) is 6.29 Å². The molecule has 0 saturated heterocycles. The highest BCUT2D eigenvalue weighted by Crippen LogP contribution is 2.25. The first-order valence-electron chi connectivity index (χ1n) is 2.93. The van der Waals surface area contributed by atoms with E-state index in [0.717, 1.165) is 15.6 Å². The van der Waals surface area contributed by atoms with Crippen LogP contribution in [0, 0.1) is 0 Å². The van der Waals surface area contributed by atoms with Crippen molar-refractivity contribution in [1.82, 2.24) is 0 Å². The number of hydrogen-bond donors (Lipinski definition) is 0. The molecule has 0 spiro atoms. The molecule has 0 radical (unpaired) electrons. The van der Waals surface area contributed by atoms with Gasteiger partial charge in [0.25, 0.3) is 0 Å². The van der Waals surface area contributed by atoms with Crippen LogP contribution in [0.2, 0.25) is 0 Å². The second-order valence-corrected chi connectivity index (χ2v) is 3.95. The average molecular weight is 219 g/mol. The molecule has 54 valence electrons. The maximum atomic E-state index is 10.3. The Hall–Kier alpha value is -0.150. The third kappa shape index (κ3) is 1.67. The minimum atomic E-state index is 0.0382. The van der Waals surface area contributed by atoms with Crippen molar-refractivity contribution in [2.75, 3.05) is 0 Å². The fraction of sp³-hybridized carbons (Fsp3) is 0.286. The fourth-order valence-corrected chi connectivity index (χ4v) is 2.09. The molecule has 1 heterocycles. The number of halogens is 1. The van der Waals surface area contributed by atoms with Gasteiger partial charge >= 0.3 is 0 Å². The lowest BCUT2D eigenvalue weighted by molar-refractivity contribution is -0.108. The summed E-state index contributed by atoms with van der Waals surface area (Å²) in [7, 11) is 0. The first-order chi connectivity index (χ1) is 4.74. The van der Waals surface area contributed by atoms with Crippen molar-refractivity contribution in [3.63, 3.8) is 0 Å². The van der Waals surface area contributed by atoms with E-state index in [-0.39, 0.29) is 5.92 Å². The molecule has 0 aliphatic rings. The van der Waals surface area contributed by atoms with Gasteiger partial charge in [-0.2, -0.15) is 0 Å². The van der Waals surface area contributed by atoms with Crippen molar-refractivity contribution in [3.05, 3.63) is 20.8 Å². The Labute approximate surface area is 72.2 Å². The van der Waals surface area contributed by atoms with Gasteiger partial charge in [0, 0.05) is 20.6 Å². The Balaban J connectivity index is 2.84. The maximum absolute atomic E-state index is 10.3. The van der Waals surface area contributed by atoms with E-state index < -0.39 is 0 Å². The molecule has 1 aromatic heterocycles. The zero-order chi connectivity index (χ0) is 7.56. The van der Waals surface area contributed by atoms with Gasteiger partial charge in [0.05, 0.1) is 0 Å². The molecular formula is C7H7BrOS. The van der Waals surface area contributed by atoms with Crippen molar-refractivity contribution in [2.45, 2.75) is 12.8 Å². The largest absolute Gasteiger partial charge is 0.303 e. The zero-order valence-electron chi connectivity index (χ0n) is 5.50. The molecule has 0 aromatic carbocycles. The highest BCUT2D eigenvalue weighted by molar-refractivity contribution is 9.10. The summed E-state index contributed by atoms with van der Waals surface area (Å²) in [6.45, 7) is 1.89. The van der Waals surface area contributed by atoms with Crippen LogP contribution in [-0.2, 0) is 4.79 Å². The second kappa shape index (κ2) is 3.30. The lowest BCUT2D eigenvalue weighted by atomic mass is 10.2. The Morgan fingerprint density at radius 2 is 2.50 bits per heavy atom. The Kier molecular flexibility index (Phi) is 2.63. The predicted octanol–water partition coefficient (Wildman–Crippen LogP) is 2.81. The van der Waals surface area contributed by atoms with Crippen molar-refractivity contribution in [2.24, 2.45) is 0 Å². The van der Waals surface area contributed by atoms with Gasteiger partial charge in [0.1, 0.15) is 6.29 Å². The molecule has 1 rings (SSSR count). The highest BCUT2D eigenvalue weighted by Gasteiger charge is 2.04. The number of hydrogen-bond acceptors (Lipinski definition) is 2. The van der Waals surface area contributed by atoms with Gasteiger partial charge in [-0.1, -0.05) is 6.92 Å². The Bertz CT molecular complexity index is 231. The van der Waals surface area contributed by atoms with Crippen molar-refractivity contribution in [1.29, 1.82) is 0 Å². The van der Waals surface area contributed by atoms with E-state index >= 15 is 0 Å². The van der Waals surface area contributed by atoms with Crippen molar-refractivity contribution < 1.29 is 4.79 Å². The van der Waals surface area contributed by atoms with Crippen LogP contribution >= 0.6 is 27.3 Å². The second-order valence-electron chi connectivity index (χ2n) is 2.09. The first-order valence-corrected chi connectivity index (χ1v) is 4.60. The van der Waals surface area contributed by atoms with E-state index in [0.29, 0.717) is 0 Å². The highest BCUT2D eigenvalue weighted by atomic mass is 79.9. The molecule has 1 unspecified atom stereocenters. The van der Waals surface area contributed by atoms with E-state index in [2.05, 4.69) is 15.9 Å². The summed E-state index contributed by atoms with van der Waals surface area (Å²) in [5.41, 5.74) is 0. The minimum Gasteiger partial charge on any atom is -0.303 e. The SMILES string of the molecule is CC(C=O)c1cc(Br)cs1. The lowest BCUT2D eigenvalue weighted by Crippen LogP contribution is -1.88. The van der Waals surface area contributed by atoms with Crippen LogP contribution < -0.4 is 0 Å². The van der Waals surface area contributed by atoms with Crippen molar-refractivity contribution in [3.8, 4) is 0 Å². The molecule has 1 aromatic rings. The third-order valence-corrected chi connectivity index (χ3v) is 3.14. The van der Waals surface area contributed by atoms with Crippen LogP contribution in [0.25, 0.3) is 0 Å². The Morgan fingerprint density at radius 1 is 1.80 bits per heavy atom. The van der Waals surface area contributed by atoms with E-state index in [9.17, 15) is 4.79 Å². The Morgan fingerprint density at radius 3 is 2.90 bits per heavy atom. The van der Waals surface area contributed by atoms with E-state index in [1.165, 1.54) is 0 Å². The molecule has 1 atom stereocenters. The predicted molar refractivity (Wildman–Crippen MR) is 46.5 cm³/mol. The molecule has 0 amide bonds. The third-order valence-electron chi connectivity index (χ3n) is 1.24. The number of carbonyl (C=O) groups is 1. The molecule has 0 aliphatic heterocycles. The number of carbonyl (C=O) groups excluding carboxylic acids is 1. The standard InChI is InChI=1S/C7H7BrOS/c1-5(3-9)7-2-6(8)4-10-7/h2-5H,1H3. The van der Waals surface area contributed by atoms with Crippen LogP contribution in [0.5, 0.6) is 0 Å². The average Bonchev–Trinajstić information content (AvgIpc) is 2.34. The van der Waals surface area contributed by atoms with Crippen LogP contribution in [0.1, 0.15) is 17.7 Å². The summed E-state index contributed by atoms with van der Waals surface area (Å²) in [6.07, 6.45) is 0.957. The topological polar surface area (TPSA) is 17.1 Å². The van der Waals surface area contributed by atoms with Crippen LogP contribution in [0.15, 0.2) is 15.9 Å². The van der Waals surface area contributed by atoms with Crippen LogP contribution in [0.3, 0.4) is 0 Å². The van der Waals surface area contributed by atoms with Gasteiger partial charge in [-0.05, 0) is 22.0 Å². The molecule has 0 bridgehead atoms. The summed E-state index contributed by atoms with van der Waals surface area (Å²) in [5, 5.41) is 1.98. The number of thiophene rings is 1. The molecule has 0 N–H and O–H groups in total. The van der Waals surface area contributed by atoms with Gasteiger partial charge in [-0.25, -0.2) is 0 Å². The molecule has 1 nitrogen and oxygen atoms in total. The fourth-order valence-electron chi connectivity index (χ4n) is 0.634. The van der Waals surface area contributed by atoms with E-state index in [1.54, 1.807) is 11.3 Å². The molecule has 3 heteroatoms. The van der Waals surface area contributed by atoms with E-state index in [1.807, 2.05) is 18.4 Å². The zero-order valence-corrected chi connectivity index (χ0v) is 7.91. The number of rotatable bonds is 2. The van der Waals surface area contributed by atoms with Gasteiger partial charge in [-0.15, -0.1) is 11.3 Å². The summed E-state index contributed by atoms with van der Waals surface area (Å²) >= 11 is 4.93. The quantitative estimate of drug-likeness (QED) is 0.699. The molecule has 0 aliphatic carbocycles. The summed E-state index contributed by atoms with van der Waals surface area (Å²) in [5.74, 6) is 0.0382. The van der Waals surface area contributed by atoms with Gasteiger partial charge in [0.15, 0.2) is 0 Å². The molecule has 10 heavy (non-hydrogen) atoms. The van der Waals surface area contributed by atoms with Crippen LogP contribution in [0.4, 0.5) is 0 Å². The van der Waals surface area contributed by atoms with Gasteiger partial charge < -0.3 is 4.79 Å². The summed E-state index contributed by atoms with van der Waals surface area (Å²) in [4.78, 5) is 11.4. The maximum Gasteiger partial charge on any atom is 0.127 e. The van der Waals surface area contributed by atoms with Crippen molar-refractivity contribution >= 4 is 33.6 Å². The molecular weight excluding hydrogens is 212 g/mol. The molecule has 0 saturated carbocycles. The smallest absolute Gasteiger partial charge is 0.127 e. The normalized spacial score (nSPS) is 13.0. The van der Waals surface area contributed by atoms with Gasteiger partial charge in [-0.3, -0.25) is 0 Å². The number of aldehydes is 1. The monoisotopic (exact) mass is 218 g/mol. The first kappa shape index (κ1) is 7.95. The van der Waals surface area contributed by atoms with E-state index in [4.69, 9.17) is 0 Å². The molecule has 0 fully saturated rings. The summed E-state index contributed by atoms with van der Waals surface area (Å²) in [6, 6.07) is 1.98. The minimum absolute atomic E-state index is 0.0382. The lowest BCUT2D eigenvalue weighted by Gasteiger charge is -1.94. The summed E-state index contributed by atoms with van der Waals surface area (Å²) < 4.78 is 1.06.